The summed E-state index contributed by atoms with van der Waals surface area (Å²) in [5.41, 5.74) is 1.60. The van der Waals surface area contributed by atoms with Crippen molar-refractivity contribution in [1.82, 2.24) is 5.32 Å². The zero-order valence-electron chi connectivity index (χ0n) is 10.1. The van der Waals surface area contributed by atoms with Crippen LogP contribution in [0.1, 0.15) is 29.3 Å². The van der Waals surface area contributed by atoms with Gasteiger partial charge in [0.25, 0.3) is 5.91 Å². The second-order valence-corrected chi connectivity index (χ2v) is 5.48. The van der Waals surface area contributed by atoms with E-state index in [1.165, 1.54) is 0 Å². The molecular formula is C13H17BrClNO. The minimum absolute atomic E-state index is 0.101. The van der Waals surface area contributed by atoms with Crippen molar-refractivity contribution in [3.8, 4) is 0 Å². The first kappa shape index (κ1) is 14.5. The van der Waals surface area contributed by atoms with E-state index >= 15 is 0 Å². The van der Waals surface area contributed by atoms with Gasteiger partial charge in [-0.3, -0.25) is 4.79 Å². The van der Waals surface area contributed by atoms with E-state index < -0.39 is 0 Å². The lowest BCUT2D eigenvalue weighted by atomic mass is 10.1. The number of benzene rings is 1. The van der Waals surface area contributed by atoms with Crippen LogP contribution in [0.2, 0.25) is 5.02 Å². The number of rotatable bonds is 5. The predicted octanol–water partition coefficient (Wildman–Crippen LogP) is 3.80. The molecule has 1 rings (SSSR count). The van der Waals surface area contributed by atoms with Crippen LogP contribution < -0.4 is 5.32 Å². The molecule has 4 heteroatoms. The topological polar surface area (TPSA) is 29.1 Å². The lowest BCUT2D eigenvalue weighted by Crippen LogP contribution is -2.28. The first-order valence-corrected chi connectivity index (χ1v) is 7.15. The van der Waals surface area contributed by atoms with Crippen molar-refractivity contribution in [3.05, 3.63) is 34.3 Å². The average Bonchev–Trinajstić information content (AvgIpc) is 2.26. The molecule has 0 radical (unpaired) electrons. The van der Waals surface area contributed by atoms with Crippen LogP contribution >= 0.6 is 27.5 Å². The fourth-order valence-electron chi connectivity index (χ4n) is 1.45. The van der Waals surface area contributed by atoms with E-state index in [0.717, 1.165) is 17.3 Å². The van der Waals surface area contributed by atoms with Crippen molar-refractivity contribution in [3.63, 3.8) is 0 Å². The van der Waals surface area contributed by atoms with Crippen LogP contribution in [0.25, 0.3) is 0 Å². The Labute approximate surface area is 116 Å². The Morgan fingerprint density at radius 1 is 1.53 bits per heavy atom. The molecule has 0 fully saturated rings. The van der Waals surface area contributed by atoms with Gasteiger partial charge in [0.2, 0.25) is 0 Å². The van der Waals surface area contributed by atoms with Gasteiger partial charge in [-0.25, -0.2) is 0 Å². The predicted molar refractivity (Wildman–Crippen MR) is 76.1 cm³/mol. The molecule has 1 atom stereocenters. The largest absolute Gasteiger partial charge is 0.352 e. The highest BCUT2D eigenvalue weighted by molar-refractivity contribution is 9.09. The smallest absolute Gasteiger partial charge is 0.252 e. The summed E-state index contributed by atoms with van der Waals surface area (Å²) in [7, 11) is 0. The normalized spacial score (nSPS) is 12.2. The van der Waals surface area contributed by atoms with Crippen molar-refractivity contribution < 1.29 is 4.79 Å². The Morgan fingerprint density at radius 3 is 2.82 bits per heavy atom. The van der Waals surface area contributed by atoms with Crippen molar-refractivity contribution in [1.29, 1.82) is 0 Å². The van der Waals surface area contributed by atoms with Gasteiger partial charge in [0.1, 0.15) is 0 Å². The summed E-state index contributed by atoms with van der Waals surface area (Å²) in [6, 6.07) is 5.46. The third-order valence-corrected chi connectivity index (χ3v) is 3.35. The maximum absolute atomic E-state index is 11.9. The molecule has 0 aromatic heterocycles. The highest BCUT2D eigenvalue weighted by atomic mass is 79.9. The van der Waals surface area contributed by atoms with E-state index in [0.29, 0.717) is 23.0 Å². The SMILES string of the molecule is Cc1ccc(C(=O)NCC(C)CCBr)c(Cl)c1. The van der Waals surface area contributed by atoms with E-state index in [9.17, 15) is 4.79 Å². The number of aryl methyl sites for hydroxylation is 1. The van der Waals surface area contributed by atoms with E-state index in [1.807, 2.05) is 13.0 Å². The molecule has 1 aromatic rings. The summed E-state index contributed by atoms with van der Waals surface area (Å²) in [5.74, 6) is 0.360. The maximum atomic E-state index is 11.9. The molecule has 0 aliphatic rings. The fourth-order valence-corrected chi connectivity index (χ4v) is 2.56. The molecule has 94 valence electrons. The zero-order chi connectivity index (χ0) is 12.8. The van der Waals surface area contributed by atoms with Gasteiger partial charge in [-0.05, 0) is 37.0 Å². The highest BCUT2D eigenvalue weighted by Gasteiger charge is 2.11. The molecular weight excluding hydrogens is 302 g/mol. The molecule has 1 amide bonds. The van der Waals surface area contributed by atoms with Crippen LogP contribution in [-0.4, -0.2) is 17.8 Å². The minimum Gasteiger partial charge on any atom is -0.352 e. The number of hydrogen-bond acceptors (Lipinski definition) is 1. The van der Waals surface area contributed by atoms with Gasteiger partial charge in [-0.1, -0.05) is 40.5 Å². The lowest BCUT2D eigenvalue weighted by Gasteiger charge is -2.12. The second kappa shape index (κ2) is 7.02. The van der Waals surface area contributed by atoms with Crippen LogP contribution in [0.3, 0.4) is 0 Å². The Kier molecular flexibility index (Phi) is 6.00. The molecule has 1 unspecified atom stereocenters. The molecule has 1 N–H and O–H groups in total. The van der Waals surface area contributed by atoms with Crippen LogP contribution in [0, 0.1) is 12.8 Å². The van der Waals surface area contributed by atoms with Crippen LogP contribution in [0.15, 0.2) is 18.2 Å². The molecule has 2 nitrogen and oxygen atoms in total. The molecule has 0 bridgehead atoms. The van der Waals surface area contributed by atoms with Crippen molar-refractivity contribution in [2.75, 3.05) is 11.9 Å². The van der Waals surface area contributed by atoms with Crippen LogP contribution in [0.4, 0.5) is 0 Å². The first-order chi connectivity index (χ1) is 8.04. The lowest BCUT2D eigenvalue weighted by molar-refractivity contribution is 0.0948. The molecule has 0 saturated heterocycles. The molecule has 0 aliphatic carbocycles. The summed E-state index contributed by atoms with van der Waals surface area (Å²) >= 11 is 9.42. The number of nitrogens with one attached hydrogen (secondary N) is 1. The summed E-state index contributed by atoms with van der Waals surface area (Å²) in [5, 5.41) is 4.36. The van der Waals surface area contributed by atoms with Crippen molar-refractivity contribution >= 4 is 33.4 Å². The van der Waals surface area contributed by atoms with Crippen LogP contribution in [0.5, 0.6) is 0 Å². The minimum atomic E-state index is -0.101. The van der Waals surface area contributed by atoms with Gasteiger partial charge in [0, 0.05) is 11.9 Å². The first-order valence-electron chi connectivity index (χ1n) is 5.65. The summed E-state index contributed by atoms with van der Waals surface area (Å²) in [6.07, 6.45) is 1.04. The fraction of sp³-hybridized carbons (Fsp3) is 0.462. The summed E-state index contributed by atoms with van der Waals surface area (Å²) < 4.78 is 0. The number of carbonyl (C=O) groups is 1. The maximum Gasteiger partial charge on any atom is 0.252 e. The number of amides is 1. The molecule has 0 spiro atoms. The number of halogens is 2. The molecule has 0 heterocycles. The summed E-state index contributed by atoms with van der Waals surface area (Å²) in [4.78, 5) is 11.9. The quantitative estimate of drug-likeness (QED) is 0.822. The van der Waals surface area contributed by atoms with Gasteiger partial charge in [-0.2, -0.15) is 0 Å². The van der Waals surface area contributed by atoms with Gasteiger partial charge < -0.3 is 5.32 Å². The van der Waals surface area contributed by atoms with Crippen LogP contribution in [-0.2, 0) is 0 Å². The molecule has 1 aromatic carbocycles. The van der Waals surface area contributed by atoms with Crippen molar-refractivity contribution in [2.24, 2.45) is 5.92 Å². The Balaban J connectivity index is 2.58. The number of hydrogen-bond donors (Lipinski definition) is 1. The Morgan fingerprint density at radius 2 is 2.24 bits per heavy atom. The van der Waals surface area contributed by atoms with Gasteiger partial charge in [0.05, 0.1) is 10.6 Å². The van der Waals surface area contributed by atoms with Gasteiger partial charge >= 0.3 is 0 Å². The van der Waals surface area contributed by atoms with Gasteiger partial charge in [-0.15, -0.1) is 0 Å². The molecule has 0 aliphatic heterocycles. The van der Waals surface area contributed by atoms with Crippen molar-refractivity contribution in [2.45, 2.75) is 20.3 Å². The van der Waals surface area contributed by atoms with E-state index in [-0.39, 0.29) is 5.91 Å². The van der Waals surface area contributed by atoms with E-state index in [2.05, 4.69) is 28.2 Å². The van der Waals surface area contributed by atoms with E-state index in [1.54, 1.807) is 12.1 Å². The summed E-state index contributed by atoms with van der Waals surface area (Å²) in [6.45, 7) is 4.73. The number of alkyl halides is 1. The Bertz CT molecular complexity index is 395. The average molecular weight is 319 g/mol. The second-order valence-electron chi connectivity index (χ2n) is 4.28. The highest BCUT2D eigenvalue weighted by Crippen LogP contribution is 2.17. The Hall–Kier alpha value is -0.540. The third-order valence-electron chi connectivity index (χ3n) is 2.58. The molecule has 0 saturated carbocycles. The zero-order valence-corrected chi connectivity index (χ0v) is 12.4. The monoisotopic (exact) mass is 317 g/mol. The van der Waals surface area contributed by atoms with Gasteiger partial charge in [0.15, 0.2) is 0 Å². The third kappa shape index (κ3) is 4.68. The standard InChI is InChI=1S/C13H17BrClNO/c1-9-3-4-11(12(15)7-9)13(17)16-8-10(2)5-6-14/h3-4,7,10H,5-6,8H2,1-2H3,(H,16,17). The molecule has 17 heavy (non-hydrogen) atoms. The van der Waals surface area contributed by atoms with E-state index in [4.69, 9.17) is 11.6 Å². The number of carbonyl (C=O) groups excluding carboxylic acids is 1.